The quantitative estimate of drug-likeness (QED) is 0.634. The number of nitrogens with one attached hydrogen (secondary N) is 2. The van der Waals surface area contributed by atoms with Crippen molar-refractivity contribution in [3.05, 3.63) is 64.7 Å². The maximum absolute atomic E-state index is 11.2. The van der Waals surface area contributed by atoms with Gasteiger partial charge in [0.25, 0.3) is 0 Å². The number of hydrogen-bond donors (Lipinski definition) is 2. The van der Waals surface area contributed by atoms with Gasteiger partial charge in [0.15, 0.2) is 0 Å². The largest absolute Gasteiger partial charge is 0.483 e. The van der Waals surface area contributed by atoms with E-state index >= 15 is 0 Å². The van der Waals surface area contributed by atoms with Gasteiger partial charge >= 0.3 is 0 Å². The van der Waals surface area contributed by atoms with Crippen molar-refractivity contribution in [3.63, 3.8) is 0 Å². The molecule has 1 aliphatic rings. The molecule has 1 atom stereocenters. The minimum Gasteiger partial charge on any atom is -0.483 e. The van der Waals surface area contributed by atoms with Crippen molar-refractivity contribution in [2.24, 2.45) is 0 Å². The third-order valence-electron chi connectivity index (χ3n) is 4.99. The van der Waals surface area contributed by atoms with E-state index in [1.54, 1.807) is 0 Å². The van der Waals surface area contributed by atoms with Crippen LogP contribution in [0.25, 0.3) is 5.57 Å². The highest BCUT2D eigenvalue weighted by atomic mass is 35.5. The van der Waals surface area contributed by atoms with Gasteiger partial charge in [-0.15, -0.1) is 0 Å². The number of anilines is 1. The van der Waals surface area contributed by atoms with Gasteiger partial charge in [-0.1, -0.05) is 35.9 Å². The van der Waals surface area contributed by atoms with E-state index in [2.05, 4.69) is 43.5 Å². The predicted octanol–water partition coefficient (Wildman–Crippen LogP) is 5.46. The van der Waals surface area contributed by atoms with Gasteiger partial charge in [0, 0.05) is 35.8 Å². The van der Waals surface area contributed by atoms with Gasteiger partial charge in [0.2, 0.25) is 5.91 Å². The molecule has 0 spiro atoms. The Morgan fingerprint density at radius 3 is 2.69 bits per heavy atom. The Labute approximate surface area is 178 Å². The maximum Gasteiger partial charge on any atom is 0.221 e. The number of benzene rings is 2. The van der Waals surface area contributed by atoms with E-state index in [0.29, 0.717) is 11.1 Å². The molecular formula is C24H29ClN2O2. The summed E-state index contributed by atoms with van der Waals surface area (Å²) in [5, 5.41) is 7.08. The Kier molecular flexibility index (Phi) is 6.66. The average Bonchev–Trinajstić information content (AvgIpc) is 2.64. The summed E-state index contributed by atoms with van der Waals surface area (Å²) in [6, 6.07) is 14.2. The van der Waals surface area contributed by atoms with Gasteiger partial charge in [-0.05, 0) is 69.0 Å². The number of halogens is 1. The summed E-state index contributed by atoms with van der Waals surface area (Å²) in [4.78, 5) is 11.2. The first kappa shape index (κ1) is 21.4. The molecule has 0 radical (unpaired) electrons. The summed E-state index contributed by atoms with van der Waals surface area (Å²) in [5.41, 5.74) is 3.93. The van der Waals surface area contributed by atoms with Crippen LogP contribution >= 0.6 is 11.6 Å². The molecule has 29 heavy (non-hydrogen) atoms. The molecule has 0 fully saturated rings. The molecular weight excluding hydrogens is 384 g/mol. The monoisotopic (exact) mass is 412 g/mol. The SMILES string of the molecule is CC(=O)Nc1ccc(CCC(C)NCC2=CC(C)(C)Oc3ccccc32)c(Cl)c1. The van der Waals surface area contributed by atoms with Gasteiger partial charge in [-0.2, -0.15) is 0 Å². The van der Waals surface area contributed by atoms with Crippen LogP contribution in [0.5, 0.6) is 5.75 Å². The number of amides is 1. The van der Waals surface area contributed by atoms with Crippen molar-refractivity contribution < 1.29 is 9.53 Å². The second kappa shape index (κ2) is 9.02. The molecule has 2 aromatic rings. The molecule has 2 aromatic carbocycles. The minimum absolute atomic E-state index is 0.0983. The molecule has 5 heteroatoms. The molecule has 154 valence electrons. The zero-order chi connectivity index (χ0) is 21.0. The lowest BCUT2D eigenvalue weighted by Gasteiger charge is -2.31. The fourth-order valence-corrected chi connectivity index (χ4v) is 3.84. The summed E-state index contributed by atoms with van der Waals surface area (Å²) in [7, 11) is 0. The van der Waals surface area contributed by atoms with Crippen LogP contribution in [0.15, 0.2) is 48.5 Å². The fourth-order valence-electron chi connectivity index (χ4n) is 3.57. The zero-order valence-electron chi connectivity index (χ0n) is 17.5. The number of carbonyl (C=O) groups excluding carboxylic acids is 1. The van der Waals surface area contributed by atoms with Crippen LogP contribution in [-0.2, 0) is 11.2 Å². The van der Waals surface area contributed by atoms with Crippen LogP contribution in [0.1, 0.15) is 45.2 Å². The Morgan fingerprint density at radius 1 is 1.21 bits per heavy atom. The first-order valence-electron chi connectivity index (χ1n) is 10.0. The van der Waals surface area contributed by atoms with E-state index in [0.717, 1.165) is 42.0 Å². The number of hydrogen-bond acceptors (Lipinski definition) is 3. The van der Waals surface area contributed by atoms with E-state index in [-0.39, 0.29) is 11.5 Å². The summed E-state index contributed by atoms with van der Waals surface area (Å²) in [6.45, 7) is 8.64. The Hall–Kier alpha value is -2.30. The van der Waals surface area contributed by atoms with Gasteiger partial charge in [0.05, 0.1) is 0 Å². The Bertz CT molecular complexity index is 921. The molecule has 0 saturated heterocycles. The van der Waals surface area contributed by atoms with E-state index < -0.39 is 0 Å². The molecule has 1 unspecified atom stereocenters. The third-order valence-corrected chi connectivity index (χ3v) is 5.34. The van der Waals surface area contributed by atoms with Crippen molar-refractivity contribution in [1.29, 1.82) is 0 Å². The van der Waals surface area contributed by atoms with Gasteiger partial charge in [-0.3, -0.25) is 4.79 Å². The van der Waals surface area contributed by atoms with Crippen LogP contribution in [0.3, 0.4) is 0 Å². The second-order valence-corrected chi connectivity index (χ2v) is 8.59. The summed E-state index contributed by atoms with van der Waals surface area (Å²) in [5.74, 6) is 0.842. The molecule has 1 aliphatic heterocycles. The van der Waals surface area contributed by atoms with Crippen molar-refractivity contribution in [3.8, 4) is 5.75 Å². The summed E-state index contributed by atoms with van der Waals surface area (Å²) >= 11 is 6.39. The van der Waals surface area contributed by atoms with Gasteiger partial charge in [-0.25, -0.2) is 0 Å². The van der Waals surface area contributed by atoms with Crippen LogP contribution in [0.2, 0.25) is 5.02 Å². The van der Waals surface area contributed by atoms with E-state index in [1.165, 1.54) is 12.5 Å². The minimum atomic E-state index is -0.308. The fraction of sp³-hybridized carbons (Fsp3) is 0.375. The van der Waals surface area contributed by atoms with Crippen LogP contribution in [-0.4, -0.2) is 24.1 Å². The number of rotatable bonds is 7. The van der Waals surface area contributed by atoms with E-state index in [9.17, 15) is 4.79 Å². The topological polar surface area (TPSA) is 50.4 Å². The first-order chi connectivity index (χ1) is 13.7. The molecule has 3 rings (SSSR count). The second-order valence-electron chi connectivity index (χ2n) is 8.18. The Morgan fingerprint density at radius 2 is 1.97 bits per heavy atom. The number of fused-ring (bicyclic) bond motifs is 1. The average molecular weight is 413 g/mol. The molecule has 0 aliphatic carbocycles. The molecule has 0 saturated carbocycles. The maximum atomic E-state index is 11.2. The molecule has 1 amide bonds. The lowest BCUT2D eigenvalue weighted by atomic mass is 9.94. The molecule has 4 nitrogen and oxygen atoms in total. The number of ether oxygens (including phenoxy) is 1. The highest BCUT2D eigenvalue weighted by Gasteiger charge is 2.26. The smallest absolute Gasteiger partial charge is 0.221 e. The normalized spacial score (nSPS) is 15.7. The molecule has 0 aromatic heterocycles. The van der Waals surface area contributed by atoms with Crippen molar-refractivity contribution in [1.82, 2.24) is 5.32 Å². The molecule has 0 bridgehead atoms. The van der Waals surface area contributed by atoms with E-state index in [4.69, 9.17) is 16.3 Å². The lowest BCUT2D eigenvalue weighted by molar-refractivity contribution is -0.114. The van der Waals surface area contributed by atoms with Crippen molar-refractivity contribution in [2.45, 2.75) is 52.2 Å². The zero-order valence-corrected chi connectivity index (χ0v) is 18.3. The van der Waals surface area contributed by atoms with Gasteiger partial charge in [0.1, 0.15) is 11.4 Å². The first-order valence-corrected chi connectivity index (χ1v) is 10.4. The molecule has 2 N–H and O–H groups in total. The number of para-hydroxylation sites is 1. The Balaban J connectivity index is 1.57. The predicted molar refractivity (Wildman–Crippen MR) is 121 cm³/mol. The standard InChI is InChI=1S/C24H29ClN2O2/c1-16(9-10-18-11-12-20(13-22(18)25)27-17(2)28)26-15-19-14-24(3,4)29-23-8-6-5-7-21(19)23/h5-8,11-14,16,26H,9-10,15H2,1-4H3,(H,27,28). The lowest BCUT2D eigenvalue weighted by Crippen LogP contribution is -2.33. The van der Waals surface area contributed by atoms with Crippen molar-refractivity contribution >= 4 is 28.8 Å². The van der Waals surface area contributed by atoms with Crippen LogP contribution < -0.4 is 15.4 Å². The summed E-state index contributed by atoms with van der Waals surface area (Å²) < 4.78 is 6.06. The van der Waals surface area contributed by atoms with Gasteiger partial charge < -0.3 is 15.4 Å². The number of aryl methyl sites for hydroxylation is 1. The molecule has 1 heterocycles. The summed E-state index contributed by atoms with van der Waals surface area (Å²) in [6.07, 6.45) is 4.04. The van der Waals surface area contributed by atoms with Crippen LogP contribution in [0.4, 0.5) is 5.69 Å². The van der Waals surface area contributed by atoms with Crippen LogP contribution in [0, 0.1) is 0 Å². The number of carbonyl (C=O) groups is 1. The van der Waals surface area contributed by atoms with E-state index in [1.807, 2.05) is 36.4 Å². The third kappa shape index (κ3) is 5.84. The highest BCUT2D eigenvalue weighted by Crippen LogP contribution is 2.35. The van der Waals surface area contributed by atoms with Crippen molar-refractivity contribution in [2.75, 3.05) is 11.9 Å². The highest BCUT2D eigenvalue weighted by molar-refractivity contribution is 6.31.